The van der Waals surface area contributed by atoms with E-state index < -0.39 is 46.6 Å². The Kier molecular flexibility index (Phi) is 3.75. The van der Waals surface area contributed by atoms with Crippen LogP contribution in [-0.4, -0.2) is 9.97 Å². The van der Waals surface area contributed by atoms with Gasteiger partial charge in [-0.3, -0.25) is 0 Å². The van der Waals surface area contributed by atoms with Gasteiger partial charge in [-0.2, -0.15) is 18.2 Å². The van der Waals surface area contributed by atoms with Crippen LogP contribution in [-0.2, 0) is 6.18 Å². The minimum absolute atomic E-state index is 0.382. The summed E-state index contributed by atoms with van der Waals surface area (Å²) >= 11 is 0. The summed E-state index contributed by atoms with van der Waals surface area (Å²) in [5, 5.41) is 0. The fourth-order valence-corrected chi connectivity index (χ4v) is 1.42. The summed E-state index contributed by atoms with van der Waals surface area (Å²) in [6, 6.07) is 1.30. The quantitative estimate of drug-likeness (QED) is 0.621. The summed E-state index contributed by atoms with van der Waals surface area (Å²) in [4.78, 5) is 6.00. The highest BCUT2D eigenvalue weighted by Crippen LogP contribution is 2.31. The summed E-state index contributed by atoms with van der Waals surface area (Å²) in [6.07, 6.45) is -4.07. The third-order valence-corrected chi connectivity index (χ3v) is 2.44. The predicted molar refractivity (Wildman–Crippen MR) is 58.2 cm³/mol. The second-order valence-corrected chi connectivity index (χ2v) is 3.93. The van der Waals surface area contributed by atoms with Gasteiger partial charge in [-0.05, 0) is 6.92 Å². The fourth-order valence-electron chi connectivity index (χ4n) is 1.42. The van der Waals surface area contributed by atoms with Crippen LogP contribution in [0.4, 0.5) is 26.3 Å². The highest BCUT2D eigenvalue weighted by molar-refractivity contribution is 5.35. The van der Waals surface area contributed by atoms with Gasteiger partial charge < -0.3 is 4.74 Å². The van der Waals surface area contributed by atoms with E-state index in [1.807, 2.05) is 0 Å². The summed E-state index contributed by atoms with van der Waals surface area (Å²) in [5.41, 5.74) is -0.657. The van der Waals surface area contributed by atoms with E-state index in [0.717, 1.165) is 19.2 Å². The second kappa shape index (κ2) is 5.23. The smallest absolute Gasteiger partial charge is 0.436 e. The Morgan fingerprint density at radius 3 is 2.38 bits per heavy atom. The number of halogens is 6. The molecule has 0 aliphatic heterocycles. The number of ether oxygens (including phenoxy) is 1. The van der Waals surface area contributed by atoms with Crippen LogP contribution in [0.3, 0.4) is 0 Å². The third-order valence-electron chi connectivity index (χ3n) is 2.44. The monoisotopic (exact) mass is 308 g/mol. The Labute approximate surface area is 114 Å². The standard InChI is InChI=1S/C12H6F6N2O/c1-5-9(14)6(13)4-7(10(5)15)21-8-2-3-19-11(20-8)12(16,17)18/h2-4H,1H3. The molecule has 0 radical (unpaired) electrons. The van der Waals surface area contributed by atoms with E-state index in [1.165, 1.54) is 0 Å². The van der Waals surface area contributed by atoms with Gasteiger partial charge in [-0.1, -0.05) is 0 Å². The Morgan fingerprint density at radius 1 is 1.10 bits per heavy atom. The highest BCUT2D eigenvalue weighted by atomic mass is 19.4. The highest BCUT2D eigenvalue weighted by Gasteiger charge is 2.35. The topological polar surface area (TPSA) is 35.0 Å². The molecule has 0 spiro atoms. The Bertz CT molecular complexity index is 686. The molecule has 1 aromatic heterocycles. The molecule has 3 nitrogen and oxygen atoms in total. The van der Waals surface area contributed by atoms with Crippen LogP contribution in [0.1, 0.15) is 11.4 Å². The van der Waals surface area contributed by atoms with E-state index in [-0.39, 0.29) is 0 Å². The van der Waals surface area contributed by atoms with Crippen LogP contribution in [0.15, 0.2) is 18.3 Å². The largest absolute Gasteiger partial charge is 0.451 e. The number of hydrogen-bond acceptors (Lipinski definition) is 3. The van der Waals surface area contributed by atoms with Gasteiger partial charge in [0.05, 0.1) is 0 Å². The first-order valence-corrected chi connectivity index (χ1v) is 5.42. The second-order valence-electron chi connectivity index (χ2n) is 3.93. The first-order chi connectivity index (χ1) is 9.70. The third kappa shape index (κ3) is 3.06. The van der Waals surface area contributed by atoms with E-state index in [4.69, 9.17) is 4.74 Å². The SMILES string of the molecule is Cc1c(F)c(F)cc(Oc2ccnc(C(F)(F)F)n2)c1F. The van der Waals surface area contributed by atoms with Gasteiger partial charge in [0.25, 0.3) is 0 Å². The van der Waals surface area contributed by atoms with Crippen molar-refractivity contribution in [3.63, 3.8) is 0 Å². The molecule has 2 aromatic rings. The minimum atomic E-state index is -4.82. The lowest BCUT2D eigenvalue weighted by molar-refractivity contribution is -0.145. The molecule has 0 aliphatic carbocycles. The number of aromatic nitrogens is 2. The van der Waals surface area contributed by atoms with Crippen LogP contribution < -0.4 is 4.74 Å². The molecule has 21 heavy (non-hydrogen) atoms. The molecule has 0 saturated heterocycles. The first-order valence-electron chi connectivity index (χ1n) is 5.42. The maximum absolute atomic E-state index is 13.7. The van der Waals surface area contributed by atoms with Crippen molar-refractivity contribution in [3.05, 3.63) is 47.2 Å². The molecule has 0 fully saturated rings. The van der Waals surface area contributed by atoms with Crippen LogP contribution in [0.2, 0.25) is 0 Å². The number of benzene rings is 1. The van der Waals surface area contributed by atoms with Crippen LogP contribution >= 0.6 is 0 Å². The maximum Gasteiger partial charge on any atom is 0.451 e. The van der Waals surface area contributed by atoms with Crippen LogP contribution in [0.25, 0.3) is 0 Å². The van der Waals surface area contributed by atoms with Crippen LogP contribution in [0.5, 0.6) is 11.6 Å². The van der Waals surface area contributed by atoms with Crippen molar-refractivity contribution in [3.8, 4) is 11.6 Å². The van der Waals surface area contributed by atoms with Gasteiger partial charge in [0.15, 0.2) is 23.2 Å². The van der Waals surface area contributed by atoms with E-state index in [2.05, 4.69) is 9.97 Å². The summed E-state index contributed by atoms with van der Waals surface area (Å²) < 4.78 is 81.8. The molecule has 0 aliphatic rings. The number of hydrogen-bond donors (Lipinski definition) is 0. The van der Waals surface area contributed by atoms with Crippen LogP contribution in [0, 0.1) is 24.4 Å². The van der Waals surface area contributed by atoms with Crippen molar-refractivity contribution < 1.29 is 31.1 Å². The Hall–Kier alpha value is -2.32. The molecule has 0 amide bonds. The zero-order valence-corrected chi connectivity index (χ0v) is 10.3. The van der Waals surface area contributed by atoms with Gasteiger partial charge in [0, 0.05) is 23.9 Å². The predicted octanol–water partition coefficient (Wildman–Crippen LogP) is 4.01. The minimum Gasteiger partial charge on any atom is -0.436 e. The summed E-state index contributed by atoms with van der Waals surface area (Å²) in [5.74, 6) is -6.96. The number of nitrogens with zero attached hydrogens (tertiary/aromatic N) is 2. The molecule has 1 heterocycles. The van der Waals surface area contributed by atoms with Gasteiger partial charge in [-0.15, -0.1) is 0 Å². The van der Waals surface area contributed by atoms with Crippen molar-refractivity contribution in [2.75, 3.05) is 0 Å². The van der Waals surface area contributed by atoms with E-state index in [0.29, 0.717) is 6.07 Å². The van der Waals surface area contributed by atoms with Gasteiger partial charge >= 0.3 is 6.18 Å². The molecular formula is C12H6F6N2O. The van der Waals surface area contributed by atoms with Crippen molar-refractivity contribution in [2.24, 2.45) is 0 Å². The van der Waals surface area contributed by atoms with Gasteiger partial charge in [0.2, 0.25) is 11.7 Å². The van der Waals surface area contributed by atoms with E-state index >= 15 is 0 Å². The van der Waals surface area contributed by atoms with E-state index in [9.17, 15) is 26.3 Å². The average Bonchev–Trinajstić information content (AvgIpc) is 2.42. The summed E-state index contributed by atoms with van der Waals surface area (Å²) in [7, 11) is 0. The lowest BCUT2D eigenvalue weighted by Crippen LogP contribution is -2.11. The summed E-state index contributed by atoms with van der Waals surface area (Å²) in [6.45, 7) is 0.960. The normalized spacial score (nSPS) is 11.6. The lowest BCUT2D eigenvalue weighted by atomic mass is 10.2. The van der Waals surface area contributed by atoms with Gasteiger partial charge in [-0.25, -0.2) is 18.2 Å². The number of rotatable bonds is 2. The molecule has 112 valence electrons. The fraction of sp³-hybridized carbons (Fsp3) is 0.167. The van der Waals surface area contributed by atoms with Crippen molar-refractivity contribution in [1.82, 2.24) is 9.97 Å². The molecule has 2 rings (SSSR count). The zero-order valence-electron chi connectivity index (χ0n) is 10.3. The zero-order chi connectivity index (χ0) is 15.8. The number of alkyl halides is 3. The maximum atomic E-state index is 13.7. The average molecular weight is 308 g/mol. The Balaban J connectivity index is 2.40. The molecule has 0 N–H and O–H groups in total. The molecule has 0 atom stereocenters. The Morgan fingerprint density at radius 2 is 1.76 bits per heavy atom. The van der Waals surface area contributed by atoms with Crippen molar-refractivity contribution >= 4 is 0 Å². The van der Waals surface area contributed by atoms with Crippen molar-refractivity contribution in [1.29, 1.82) is 0 Å². The lowest BCUT2D eigenvalue weighted by Gasteiger charge is -2.10. The molecule has 1 aromatic carbocycles. The molecule has 0 saturated carbocycles. The molecular weight excluding hydrogens is 302 g/mol. The van der Waals surface area contributed by atoms with Crippen molar-refractivity contribution in [2.45, 2.75) is 13.1 Å². The van der Waals surface area contributed by atoms with E-state index in [1.54, 1.807) is 0 Å². The molecule has 9 heteroatoms. The first kappa shape index (κ1) is 15.1. The van der Waals surface area contributed by atoms with Gasteiger partial charge in [0.1, 0.15) is 0 Å². The molecule has 0 bridgehead atoms. The molecule has 0 unspecified atom stereocenters.